The van der Waals surface area contributed by atoms with Crippen LogP contribution < -0.4 is 0 Å². The van der Waals surface area contributed by atoms with E-state index in [-0.39, 0.29) is 6.09 Å². The lowest BCUT2D eigenvalue weighted by Crippen LogP contribution is -2.37. The molecule has 1 aromatic rings. The van der Waals surface area contributed by atoms with E-state index in [4.69, 9.17) is 4.74 Å². The Morgan fingerprint density at radius 1 is 1.20 bits per heavy atom. The van der Waals surface area contributed by atoms with E-state index in [2.05, 4.69) is 31.2 Å². The maximum absolute atomic E-state index is 12.3. The van der Waals surface area contributed by atoms with Crippen molar-refractivity contribution >= 4 is 6.09 Å². The van der Waals surface area contributed by atoms with Gasteiger partial charge in [-0.25, -0.2) is 4.79 Å². The van der Waals surface area contributed by atoms with E-state index >= 15 is 0 Å². The molecule has 3 heteroatoms. The first-order chi connectivity index (χ1) is 9.39. The molecule has 1 amide bonds. The summed E-state index contributed by atoms with van der Waals surface area (Å²) in [6, 6.07) is 8.85. The Hall–Kier alpha value is -1.51. The van der Waals surface area contributed by atoms with Gasteiger partial charge in [0.1, 0.15) is 5.60 Å². The topological polar surface area (TPSA) is 29.5 Å². The van der Waals surface area contributed by atoms with Crippen LogP contribution >= 0.6 is 0 Å². The maximum Gasteiger partial charge on any atom is 0.410 e. The fourth-order valence-corrected chi connectivity index (χ4v) is 2.13. The van der Waals surface area contributed by atoms with Crippen LogP contribution in [-0.2, 0) is 17.7 Å². The minimum absolute atomic E-state index is 0.195. The van der Waals surface area contributed by atoms with Crippen LogP contribution in [0.2, 0.25) is 0 Å². The van der Waals surface area contributed by atoms with Gasteiger partial charge in [0, 0.05) is 12.6 Å². The molecule has 20 heavy (non-hydrogen) atoms. The third-order valence-corrected chi connectivity index (χ3v) is 3.40. The van der Waals surface area contributed by atoms with Crippen molar-refractivity contribution < 1.29 is 9.53 Å². The number of benzene rings is 1. The number of aryl methyl sites for hydroxylation is 1. The lowest BCUT2D eigenvalue weighted by molar-refractivity contribution is 0.0216. The first-order valence-electron chi connectivity index (χ1n) is 7.46. The van der Waals surface area contributed by atoms with Gasteiger partial charge in [0.15, 0.2) is 0 Å². The molecule has 0 aromatic heterocycles. The highest BCUT2D eigenvalue weighted by Gasteiger charge is 2.35. The van der Waals surface area contributed by atoms with Gasteiger partial charge < -0.3 is 9.64 Å². The van der Waals surface area contributed by atoms with Gasteiger partial charge in [-0.05, 0) is 51.2 Å². The summed E-state index contributed by atoms with van der Waals surface area (Å²) in [4.78, 5) is 14.1. The molecule has 0 aliphatic heterocycles. The monoisotopic (exact) mass is 275 g/mol. The van der Waals surface area contributed by atoms with E-state index in [0.717, 1.165) is 19.3 Å². The molecule has 0 radical (unpaired) electrons. The molecule has 0 spiro atoms. The highest BCUT2D eigenvalue weighted by molar-refractivity contribution is 5.69. The SMILES string of the molecule is CCc1ccc(CN(C(=O)OC(C)(C)C)C2CC2)cc1. The second-order valence-electron chi connectivity index (χ2n) is 6.51. The average Bonchev–Trinajstić information content (AvgIpc) is 3.18. The van der Waals surface area contributed by atoms with Crippen LogP contribution in [0.3, 0.4) is 0 Å². The Labute approximate surface area is 121 Å². The predicted molar refractivity (Wildman–Crippen MR) is 80.6 cm³/mol. The standard InChI is InChI=1S/C17H25NO2/c1-5-13-6-8-14(9-7-13)12-18(15-10-11-15)16(19)20-17(2,3)4/h6-9,15H,5,10-12H2,1-4H3. The van der Waals surface area contributed by atoms with Crippen LogP contribution in [0.15, 0.2) is 24.3 Å². The summed E-state index contributed by atoms with van der Waals surface area (Å²) < 4.78 is 5.51. The molecule has 0 unspecified atom stereocenters. The molecule has 1 aromatic carbocycles. The summed E-state index contributed by atoms with van der Waals surface area (Å²) >= 11 is 0. The van der Waals surface area contributed by atoms with E-state index < -0.39 is 5.60 Å². The molecular weight excluding hydrogens is 250 g/mol. The van der Waals surface area contributed by atoms with Crippen LogP contribution in [-0.4, -0.2) is 22.6 Å². The fraction of sp³-hybridized carbons (Fsp3) is 0.588. The normalized spacial score (nSPS) is 15.0. The van der Waals surface area contributed by atoms with Crippen molar-refractivity contribution in [3.05, 3.63) is 35.4 Å². The van der Waals surface area contributed by atoms with E-state index in [1.54, 1.807) is 0 Å². The number of nitrogens with zero attached hydrogens (tertiary/aromatic N) is 1. The number of carbonyl (C=O) groups is 1. The minimum atomic E-state index is -0.434. The Morgan fingerprint density at radius 3 is 2.20 bits per heavy atom. The molecule has 3 nitrogen and oxygen atoms in total. The zero-order valence-corrected chi connectivity index (χ0v) is 13.0. The zero-order chi connectivity index (χ0) is 14.8. The molecule has 0 N–H and O–H groups in total. The molecule has 0 heterocycles. The van der Waals surface area contributed by atoms with Gasteiger partial charge in [0.05, 0.1) is 0 Å². The number of hydrogen-bond acceptors (Lipinski definition) is 2. The molecule has 2 rings (SSSR count). The summed E-state index contributed by atoms with van der Waals surface area (Å²) in [5.74, 6) is 0. The number of amides is 1. The summed E-state index contributed by atoms with van der Waals surface area (Å²) in [7, 11) is 0. The second kappa shape index (κ2) is 5.86. The predicted octanol–water partition coefficient (Wildman–Crippen LogP) is 4.15. The van der Waals surface area contributed by atoms with Gasteiger partial charge in [0.25, 0.3) is 0 Å². The Kier molecular flexibility index (Phi) is 4.36. The van der Waals surface area contributed by atoms with Crippen LogP contribution in [0.4, 0.5) is 4.79 Å². The molecule has 0 bridgehead atoms. The summed E-state index contributed by atoms with van der Waals surface area (Å²) in [5, 5.41) is 0. The molecule has 0 atom stereocenters. The van der Waals surface area contributed by atoms with Gasteiger partial charge in [-0.2, -0.15) is 0 Å². The van der Waals surface area contributed by atoms with Crippen molar-refractivity contribution in [3.8, 4) is 0 Å². The summed E-state index contributed by atoms with van der Waals surface area (Å²) in [5.41, 5.74) is 2.06. The van der Waals surface area contributed by atoms with Crippen LogP contribution in [0.25, 0.3) is 0 Å². The third kappa shape index (κ3) is 4.26. The van der Waals surface area contributed by atoms with Crippen molar-refractivity contribution in [1.82, 2.24) is 4.90 Å². The zero-order valence-electron chi connectivity index (χ0n) is 13.0. The van der Waals surface area contributed by atoms with E-state index in [1.165, 1.54) is 11.1 Å². The molecule has 1 aliphatic rings. The molecule has 1 aliphatic carbocycles. The fourth-order valence-electron chi connectivity index (χ4n) is 2.13. The van der Waals surface area contributed by atoms with Crippen molar-refractivity contribution in [1.29, 1.82) is 0 Å². The van der Waals surface area contributed by atoms with Crippen molar-refractivity contribution in [2.24, 2.45) is 0 Å². The van der Waals surface area contributed by atoms with Crippen LogP contribution in [0.1, 0.15) is 51.7 Å². The highest BCUT2D eigenvalue weighted by atomic mass is 16.6. The van der Waals surface area contributed by atoms with Gasteiger partial charge >= 0.3 is 6.09 Å². The van der Waals surface area contributed by atoms with Gasteiger partial charge in [-0.3, -0.25) is 0 Å². The van der Waals surface area contributed by atoms with Gasteiger partial charge in [-0.15, -0.1) is 0 Å². The quantitative estimate of drug-likeness (QED) is 0.826. The Morgan fingerprint density at radius 2 is 1.75 bits per heavy atom. The summed E-state index contributed by atoms with van der Waals surface area (Å²) in [6.07, 6.45) is 3.02. The lowest BCUT2D eigenvalue weighted by atomic mass is 10.1. The largest absolute Gasteiger partial charge is 0.444 e. The number of ether oxygens (including phenoxy) is 1. The van der Waals surface area contributed by atoms with Crippen molar-refractivity contribution in [3.63, 3.8) is 0 Å². The first kappa shape index (κ1) is 14.9. The van der Waals surface area contributed by atoms with E-state index in [1.807, 2.05) is 25.7 Å². The highest BCUT2D eigenvalue weighted by Crippen LogP contribution is 2.30. The molecular formula is C17H25NO2. The maximum atomic E-state index is 12.3. The van der Waals surface area contributed by atoms with Crippen molar-refractivity contribution in [2.75, 3.05) is 0 Å². The minimum Gasteiger partial charge on any atom is -0.444 e. The smallest absolute Gasteiger partial charge is 0.410 e. The van der Waals surface area contributed by atoms with Gasteiger partial charge in [0.2, 0.25) is 0 Å². The number of carbonyl (C=O) groups excluding carboxylic acids is 1. The van der Waals surface area contributed by atoms with Crippen LogP contribution in [0.5, 0.6) is 0 Å². The number of rotatable bonds is 4. The number of hydrogen-bond donors (Lipinski definition) is 0. The second-order valence-corrected chi connectivity index (χ2v) is 6.51. The lowest BCUT2D eigenvalue weighted by Gasteiger charge is -2.27. The Balaban J connectivity index is 2.03. The van der Waals surface area contributed by atoms with Crippen molar-refractivity contribution in [2.45, 2.75) is 65.1 Å². The Bertz CT molecular complexity index is 455. The summed E-state index contributed by atoms with van der Waals surface area (Å²) in [6.45, 7) is 8.51. The molecule has 110 valence electrons. The third-order valence-electron chi connectivity index (χ3n) is 3.40. The molecule has 1 fully saturated rings. The van der Waals surface area contributed by atoms with E-state index in [0.29, 0.717) is 12.6 Å². The van der Waals surface area contributed by atoms with Crippen LogP contribution in [0, 0.1) is 0 Å². The van der Waals surface area contributed by atoms with E-state index in [9.17, 15) is 4.79 Å². The molecule has 1 saturated carbocycles. The molecule has 0 saturated heterocycles. The first-order valence-corrected chi connectivity index (χ1v) is 7.46. The average molecular weight is 275 g/mol. The van der Waals surface area contributed by atoms with Gasteiger partial charge in [-0.1, -0.05) is 31.2 Å².